The molecule has 3 rings (SSSR count). The Kier molecular flexibility index (Phi) is 4.16. The number of likely N-dealkylation sites (tertiary alicyclic amines) is 1. The summed E-state index contributed by atoms with van der Waals surface area (Å²) in [5.74, 6) is -0.939. The monoisotopic (exact) mass is 302 g/mol. The van der Waals surface area contributed by atoms with E-state index in [1.165, 1.54) is 11.1 Å². The quantitative estimate of drug-likeness (QED) is 0.919. The van der Waals surface area contributed by atoms with E-state index in [2.05, 4.69) is 17.0 Å². The lowest BCUT2D eigenvalue weighted by Gasteiger charge is -2.35. The van der Waals surface area contributed by atoms with Gasteiger partial charge in [0.15, 0.2) is 0 Å². The number of benzene rings is 1. The Morgan fingerprint density at radius 3 is 2.68 bits per heavy atom. The topological polar surface area (TPSA) is 60.9 Å². The number of hydrogen-bond donors (Lipinski definition) is 1. The van der Waals surface area contributed by atoms with E-state index in [9.17, 15) is 14.7 Å². The number of nitrogens with zero attached hydrogens (tertiary/aromatic N) is 2. The van der Waals surface area contributed by atoms with Gasteiger partial charge in [-0.15, -0.1) is 0 Å². The van der Waals surface area contributed by atoms with Gasteiger partial charge in [0.1, 0.15) is 6.04 Å². The average molecular weight is 302 g/mol. The van der Waals surface area contributed by atoms with Crippen molar-refractivity contribution in [1.82, 2.24) is 9.80 Å². The van der Waals surface area contributed by atoms with Gasteiger partial charge in [-0.25, -0.2) is 4.79 Å². The van der Waals surface area contributed by atoms with E-state index in [0.29, 0.717) is 13.0 Å². The fourth-order valence-electron chi connectivity index (χ4n) is 3.53. The second-order valence-corrected chi connectivity index (χ2v) is 6.19. The number of rotatable bonds is 3. The van der Waals surface area contributed by atoms with Crippen LogP contribution in [0.5, 0.6) is 0 Å². The maximum Gasteiger partial charge on any atom is 0.326 e. The Hall–Kier alpha value is -1.88. The van der Waals surface area contributed by atoms with Crippen LogP contribution in [0.3, 0.4) is 0 Å². The molecule has 0 bridgehead atoms. The summed E-state index contributed by atoms with van der Waals surface area (Å²) in [5.41, 5.74) is 2.62. The number of carboxylic acids is 1. The third-order valence-electron chi connectivity index (χ3n) is 4.89. The third-order valence-corrected chi connectivity index (χ3v) is 4.89. The van der Waals surface area contributed by atoms with Crippen LogP contribution < -0.4 is 0 Å². The van der Waals surface area contributed by atoms with E-state index in [1.807, 2.05) is 19.1 Å². The van der Waals surface area contributed by atoms with E-state index in [0.717, 1.165) is 25.9 Å². The van der Waals surface area contributed by atoms with Crippen LogP contribution in [0.4, 0.5) is 0 Å². The number of amides is 1. The first kappa shape index (κ1) is 15.0. The fraction of sp³-hybridized carbons (Fsp3) is 0.529. The number of carbonyl (C=O) groups excluding carboxylic acids is 1. The molecular formula is C17H22N2O3. The number of carboxylic acid groups (broad SMARTS) is 1. The normalized spacial score (nSPS) is 23.1. The van der Waals surface area contributed by atoms with Crippen molar-refractivity contribution in [3.05, 3.63) is 35.4 Å². The van der Waals surface area contributed by atoms with E-state index >= 15 is 0 Å². The summed E-state index contributed by atoms with van der Waals surface area (Å²) in [6, 6.07) is 7.40. The summed E-state index contributed by atoms with van der Waals surface area (Å²) in [6.07, 6.45) is 2.28. The van der Waals surface area contributed by atoms with Crippen LogP contribution in [-0.2, 0) is 22.6 Å². The van der Waals surface area contributed by atoms with Gasteiger partial charge in [-0.05, 0) is 37.3 Å². The Morgan fingerprint density at radius 2 is 1.95 bits per heavy atom. The van der Waals surface area contributed by atoms with E-state index in [1.54, 1.807) is 4.90 Å². The highest BCUT2D eigenvalue weighted by Gasteiger charge is 2.37. The molecule has 1 saturated heterocycles. The number of hydrogen-bond acceptors (Lipinski definition) is 3. The molecule has 0 radical (unpaired) electrons. The van der Waals surface area contributed by atoms with Crippen LogP contribution in [0.15, 0.2) is 24.3 Å². The van der Waals surface area contributed by atoms with Crippen molar-refractivity contribution in [2.24, 2.45) is 0 Å². The molecule has 0 aromatic heterocycles. The first-order chi connectivity index (χ1) is 10.6. The fourth-order valence-corrected chi connectivity index (χ4v) is 3.53. The van der Waals surface area contributed by atoms with Gasteiger partial charge in [-0.3, -0.25) is 9.69 Å². The van der Waals surface area contributed by atoms with Crippen molar-refractivity contribution in [3.63, 3.8) is 0 Å². The summed E-state index contributed by atoms with van der Waals surface area (Å²) in [7, 11) is 0. The van der Waals surface area contributed by atoms with Crippen LogP contribution in [0, 0.1) is 0 Å². The first-order valence-corrected chi connectivity index (χ1v) is 7.92. The van der Waals surface area contributed by atoms with Crippen molar-refractivity contribution in [1.29, 1.82) is 0 Å². The van der Waals surface area contributed by atoms with Gasteiger partial charge in [0.2, 0.25) is 5.91 Å². The predicted molar refractivity (Wildman–Crippen MR) is 82.4 cm³/mol. The van der Waals surface area contributed by atoms with E-state index < -0.39 is 12.0 Å². The van der Waals surface area contributed by atoms with Gasteiger partial charge in [-0.1, -0.05) is 24.3 Å². The lowest BCUT2D eigenvalue weighted by atomic mass is 9.98. The summed E-state index contributed by atoms with van der Waals surface area (Å²) in [6.45, 7) is 4.06. The zero-order chi connectivity index (χ0) is 15.7. The molecule has 1 unspecified atom stereocenters. The molecule has 1 N–H and O–H groups in total. The minimum atomic E-state index is -0.887. The molecule has 2 heterocycles. The van der Waals surface area contributed by atoms with Gasteiger partial charge in [0.25, 0.3) is 0 Å². The standard InChI is InChI=1S/C17H22N2O3/c1-12(16(20)19-9-4-7-15(19)17(21)22)18-10-8-13-5-2-3-6-14(13)11-18/h2-3,5-6,12,15H,4,7-11H2,1H3,(H,21,22)/t12?,15-/m1/s1. The zero-order valence-electron chi connectivity index (χ0n) is 12.9. The Balaban J connectivity index is 1.70. The van der Waals surface area contributed by atoms with Crippen LogP contribution >= 0.6 is 0 Å². The molecule has 118 valence electrons. The molecule has 5 nitrogen and oxygen atoms in total. The molecule has 2 atom stereocenters. The molecule has 0 saturated carbocycles. The largest absolute Gasteiger partial charge is 0.480 e. The van der Waals surface area contributed by atoms with Gasteiger partial charge < -0.3 is 10.0 Å². The summed E-state index contributed by atoms with van der Waals surface area (Å²) in [4.78, 5) is 27.7. The van der Waals surface area contributed by atoms with Crippen molar-refractivity contribution in [3.8, 4) is 0 Å². The van der Waals surface area contributed by atoms with Crippen molar-refractivity contribution in [2.75, 3.05) is 13.1 Å². The highest BCUT2D eigenvalue weighted by Crippen LogP contribution is 2.24. The van der Waals surface area contributed by atoms with Crippen molar-refractivity contribution < 1.29 is 14.7 Å². The lowest BCUT2D eigenvalue weighted by molar-refractivity contribution is -0.150. The van der Waals surface area contributed by atoms with Crippen molar-refractivity contribution in [2.45, 2.75) is 44.8 Å². The Bertz CT molecular complexity index is 587. The molecule has 1 aromatic rings. The predicted octanol–water partition coefficient (Wildman–Crippen LogP) is 1.51. The molecule has 2 aliphatic heterocycles. The highest BCUT2D eigenvalue weighted by atomic mass is 16.4. The molecule has 2 aliphatic rings. The van der Waals surface area contributed by atoms with Gasteiger partial charge >= 0.3 is 5.97 Å². The Morgan fingerprint density at radius 1 is 1.23 bits per heavy atom. The van der Waals surface area contributed by atoms with Gasteiger partial charge in [-0.2, -0.15) is 0 Å². The molecular weight excluding hydrogens is 280 g/mol. The maximum atomic E-state index is 12.7. The third kappa shape index (κ3) is 2.73. The van der Waals surface area contributed by atoms with Crippen LogP contribution in [-0.4, -0.2) is 52.0 Å². The molecule has 1 amide bonds. The second kappa shape index (κ2) is 6.08. The SMILES string of the molecule is CC(C(=O)N1CCC[C@@H]1C(=O)O)N1CCc2ccccc2C1. The minimum absolute atomic E-state index is 0.0516. The van der Waals surface area contributed by atoms with Crippen molar-refractivity contribution >= 4 is 11.9 Å². The second-order valence-electron chi connectivity index (χ2n) is 6.19. The maximum absolute atomic E-state index is 12.7. The van der Waals surface area contributed by atoms with E-state index in [-0.39, 0.29) is 11.9 Å². The molecule has 1 aromatic carbocycles. The molecule has 22 heavy (non-hydrogen) atoms. The van der Waals surface area contributed by atoms with Crippen LogP contribution in [0.25, 0.3) is 0 Å². The summed E-state index contributed by atoms with van der Waals surface area (Å²) < 4.78 is 0. The Labute approximate surface area is 130 Å². The zero-order valence-corrected chi connectivity index (χ0v) is 12.9. The smallest absolute Gasteiger partial charge is 0.326 e. The highest BCUT2D eigenvalue weighted by molar-refractivity contribution is 5.87. The average Bonchev–Trinajstić information content (AvgIpc) is 3.03. The van der Waals surface area contributed by atoms with Gasteiger partial charge in [0.05, 0.1) is 6.04 Å². The first-order valence-electron chi connectivity index (χ1n) is 7.92. The molecule has 5 heteroatoms. The van der Waals surface area contributed by atoms with E-state index in [4.69, 9.17) is 0 Å². The van der Waals surface area contributed by atoms with Crippen LogP contribution in [0.2, 0.25) is 0 Å². The summed E-state index contributed by atoms with van der Waals surface area (Å²) >= 11 is 0. The number of fused-ring (bicyclic) bond motifs is 1. The lowest BCUT2D eigenvalue weighted by Crippen LogP contribution is -2.51. The van der Waals surface area contributed by atoms with Gasteiger partial charge in [0, 0.05) is 19.6 Å². The van der Waals surface area contributed by atoms with Crippen LogP contribution in [0.1, 0.15) is 30.9 Å². The number of aliphatic carboxylic acids is 1. The molecule has 0 aliphatic carbocycles. The summed E-state index contributed by atoms with van der Waals surface area (Å²) in [5, 5.41) is 9.25. The molecule has 1 fully saturated rings. The number of carbonyl (C=O) groups is 2. The minimum Gasteiger partial charge on any atom is -0.480 e. The molecule has 0 spiro atoms.